The minimum absolute atomic E-state index is 0.386. The fourth-order valence-electron chi connectivity index (χ4n) is 3.99. The summed E-state index contributed by atoms with van der Waals surface area (Å²) >= 11 is 14.1. The van der Waals surface area contributed by atoms with E-state index in [4.69, 9.17) is 42.8 Å². The second-order valence-corrected chi connectivity index (χ2v) is 11.3. The molecule has 4 aromatic rings. The highest BCUT2D eigenvalue weighted by Gasteiger charge is 2.38. The number of hydrogen-bond acceptors (Lipinski definition) is 9. The molecule has 1 aliphatic rings. The Labute approximate surface area is 266 Å². The first kappa shape index (κ1) is 34.4. The van der Waals surface area contributed by atoms with Crippen molar-refractivity contribution in [1.82, 2.24) is 19.9 Å². The topological polar surface area (TPSA) is 113 Å². The van der Waals surface area contributed by atoms with E-state index in [1.807, 2.05) is 0 Å². The SMILES string of the molecule is FC(F)(F)c1ccc(Nc2nc(NCCN3CCOCC3)nc3sc(Cc4c(Cl)cccc4Cl)nc23)cc1.O=C(O)C(F)(F)F. The van der Waals surface area contributed by atoms with Crippen LogP contribution in [0.3, 0.4) is 0 Å². The predicted molar refractivity (Wildman–Crippen MR) is 159 cm³/mol. The van der Waals surface area contributed by atoms with Gasteiger partial charge in [-0.3, -0.25) is 4.90 Å². The van der Waals surface area contributed by atoms with Crippen LogP contribution in [0, 0.1) is 0 Å². The largest absolute Gasteiger partial charge is 0.490 e. The number of ether oxygens (including phenoxy) is 1. The molecule has 1 aliphatic heterocycles. The van der Waals surface area contributed by atoms with Crippen molar-refractivity contribution >= 4 is 68.3 Å². The lowest BCUT2D eigenvalue weighted by Crippen LogP contribution is -2.39. The Morgan fingerprint density at radius 2 is 1.60 bits per heavy atom. The van der Waals surface area contributed by atoms with Crippen molar-refractivity contribution in [2.75, 3.05) is 50.0 Å². The number of carboxylic acid groups (broad SMARTS) is 1. The number of morpholine rings is 1. The first-order chi connectivity index (χ1) is 21.2. The molecule has 1 saturated heterocycles. The molecule has 3 heterocycles. The number of nitrogens with zero attached hydrogens (tertiary/aromatic N) is 4. The number of rotatable bonds is 8. The van der Waals surface area contributed by atoms with E-state index in [9.17, 15) is 26.3 Å². The van der Waals surface area contributed by atoms with Gasteiger partial charge in [0.25, 0.3) is 0 Å². The first-order valence-corrected chi connectivity index (χ1v) is 14.7. The molecule has 5 rings (SSSR count). The normalized spacial score (nSPS) is 14.1. The molecule has 2 aromatic heterocycles. The summed E-state index contributed by atoms with van der Waals surface area (Å²) in [5.74, 6) is -1.98. The summed E-state index contributed by atoms with van der Waals surface area (Å²) in [5, 5.41) is 15.3. The van der Waals surface area contributed by atoms with E-state index in [-0.39, 0.29) is 0 Å². The molecular formula is C27H24Cl2F6N6O3S. The average Bonchev–Trinajstić information content (AvgIpc) is 3.38. The fourth-order valence-corrected chi connectivity index (χ4v) is 5.47. The summed E-state index contributed by atoms with van der Waals surface area (Å²) in [7, 11) is 0. The number of nitrogens with one attached hydrogen (secondary N) is 2. The molecule has 2 aromatic carbocycles. The van der Waals surface area contributed by atoms with E-state index >= 15 is 0 Å². The van der Waals surface area contributed by atoms with E-state index in [0.717, 1.165) is 42.3 Å². The molecule has 0 unspecified atom stereocenters. The molecule has 0 spiro atoms. The number of anilines is 3. The standard InChI is InChI=1S/C25H23Cl2F3N6OS.C2HF3O2/c26-18-2-1-3-19(27)17(18)14-20-33-21-22(32-16-6-4-15(5-7-16)25(28,29)30)34-24(35-23(21)38-20)31-8-9-36-10-12-37-13-11-36;3-2(4,5)1(6)7/h1-7H,8-14H2,(H2,31,32,34,35);(H,6,7). The Balaban J connectivity index is 0.000000591. The van der Waals surface area contributed by atoms with Crippen LogP contribution in [0.4, 0.5) is 43.8 Å². The lowest BCUT2D eigenvalue weighted by molar-refractivity contribution is -0.192. The van der Waals surface area contributed by atoms with Gasteiger partial charge in [0.15, 0.2) is 10.6 Å². The molecule has 242 valence electrons. The summed E-state index contributed by atoms with van der Waals surface area (Å²) < 4.78 is 76.2. The van der Waals surface area contributed by atoms with Crippen LogP contribution < -0.4 is 10.6 Å². The van der Waals surface area contributed by atoms with Gasteiger partial charge in [-0.2, -0.15) is 31.3 Å². The van der Waals surface area contributed by atoms with Crippen molar-refractivity contribution in [2.24, 2.45) is 0 Å². The minimum Gasteiger partial charge on any atom is -0.475 e. The van der Waals surface area contributed by atoms with Crippen molar-refractivity contribution in [3.63, 3.8) is 0 Å². The van der Waals surface area contributed by atoms with E-state index in [1.54, 1.807) is 18.2 Å². The number of fused-ring (bicyclic) bond motifs is 1. The van der Waals surface area contributed by atoms with Gasteiger partial charge in [0.05, 0.1) is 18.8 Å². The molecule has 1 fully saturated rings. The second kappa shape index (κ2) is 14.8. The quantitative estimate of drug-likeness (QED) is 0.166. The van der Waals surface area contributed by atoms with Crippen molar-refractivity contribution < 1.29 is 41.0 Å². The Morgan fingerprint density at radius 1 is 0.978 bits per heavy atom. The van der Waals surface area contributed by atoms with Crippen LogP contribution in [0.5, 0.6) is 0 Å². The maximum Gasteiger partial charge on any atom is 0.490 e. The maximum atomic E-state index is 13.0. The van der Waals surface area contributed by atoms with E-state index in [1.165, 1.54) is 23.5 Å². The molecule has 45 heavy (non-hydrogen) atoms. The number of halogens is 8. The Kier molecular flexibility index (Phi) is 11.3. The van der Waals surface area contributed by atoms with Gasteiger partial charge >= 0.3 is 18.3 Å². The van der Waals surface area contributed by atoms with Crippen LogP contribution >= 0.6 is 34.5 Å². The zero-order chi connectivity index (χ0) is 32.8. The van der Waals surface area contributed by atoms with E-state index in [0.29, 0.717) is 64.0 Å². The number of aromatic nitrogens is 3. The van der Waals surface area contributed by atoms with Gasteiger partial charge in [0, 0.05) is 48.3 Å². The zero-order valence-corrected chi connectivity index (χ0v) is 25.3. The number of thiazole rings is 1. The van der Waals surface area contributed by atoms with E-state index in [2.05, 4.69) is 25.5 Å². The average molecular weight is 697 g/mol. The van der Waals surface area contributed by atoms with Crippen molar-refractivity contribution in [3.8, 4) is 0 Å². The highest BCUT2D eigenvalue weighted by atomic mass is 35.5. The van der Waals surface area contributed by atoms with Crippen molar-refractivity contribution in [3.05, 3.63) is 68.6 Å². The number of carbonyl (C=O) groups is 1. The van der Waals surface area contributed by atoms with Crippen LogP contribution in [0.25, 0.3) is 10.3 Å². The van der Waals surface area contributed by atoms with Crippen LogP contribution in [0.15, 0.2) is 42.5 Å². The van der Waals surface area contributed by atoms with Gasteiger partial charge in [-0.25, -0.2) is 14.8 Å². The van der Waals surface area contributed by atoms with Crippen molar-refractivity contribution in [1.29, 1.82) is 0 Å². The lowest BCUT2D eigenvalue weighted by Gasteiger charge is -2.26. The highest BCUT2D eigenvalue weighted by Crippen LogP contribution is 2.34. The summed E-state index contributed by atoms with van der Waals surface area (Å²) in [5.41, 5.74) is 0.977. The van der Waals surface area contributed by atoms with Crippen LogP contribution in [0.2, 0.25) is 10.0 Å². The summed E-state index contributed by atoms with van der Waals surface area (Å²) in [4.78, 5) is 25.8. The lowest BCUT2D eigenvalue weighted by atomic mass is 10.1. The molecule has 0 radical (unpaired) electrons. The Hall–Kier alpha value is -3.44. The predicted octanol–water partition coefficient (Wildman–Crippen LogP) is 7.12. The number of hydrogen-bond donors (Lipinski definition) is 3. The Morgan fingerprint density at radius 3 is 2.18 bits per heavy atom. The summed E-state index contributed by atoms with van der Waals surface area (Å²) in [6.45, 7) is 4.57. The first-order valence-electron chi connectivity index (χ1n) is 13.1. The fraction of sp³-hybridized carbons (Fsp3) is 0.333. The number of carboxylic acids is 1. The third-order valence-electron chi connectivity index (χ3n) is 6.23. The molecule has 0 bridgehead atoms. The zero-order valence-electron chi connectivity index (χ0n) is 23.0. The second-order valence-electron chi connectivity index (χ2n) is 9.42. The molecule has 0 aliphatic carbocycles. The van der Waals surface area contributed by atoms with Gasteiger partial charge in [0.2, 0.25) is 5.95 Å². The van der Waals surface area contributed by atoms with Gasteiger partial charge in [-0.05, 0) is 42.0 Å². The third kappa shape index (κ3) is 9.77. The Bertz CT molecular complexity index is 1600. The van der Waals surface area contributed by atoms with Gasteiger partial charge < -0.3 is 20.5 Å². The monoisotopic (exact) mass is 696 g/mol. The van der Waals surface area contributed by atoms with Gasteiger partial charge in [-0.1, -0.05) is 40.6 Å². The summed E-state index contributed by atoms with van der Waals surface area (Å²) in [6, 6.07) is 10.1. The summed E-state index contributed by atoms with van der Waals surface area (Å²) in [6.07, 6.45) is -9.10. The molecular weight excluding hydrogens is 673 g/mol. The van der Waals surface area contributed by atoms with Gasteiger partial charge in [0.1, 0.15) is 10.5 Å². The minimum atomic E-state index is -5.08. The number of aliphatic carboxylic acids is 1. The highest BCUT2D eigenvalue weighted by molar-refractivity contribution is 7.18. The van der Waals surface area contributed by atoms with Crippen LogP contribution in [-0.2, 0) is 22.1 Å². The number of alkyl halides is 6. The van der Waals surface area contributed by atoms with Crippen LogP contribution in [0.1, 0.15) is 16.1 Å². The smallest absolute Gasteiger partial charge is 0.475 e. The molecule has 0 saturated carbocycles. The molecule has 3 N–H and O–H groups in total. The van der Waals surface area contributed by atoms with Crippen molar-refractivity contribution in [2.45, 2.75) is 18.8 Å². The maximum absolute atomic E-state index is 13.0. The molecule has 18 heteroatoms. The van der Waals surface area contributed by atoms with Gasteiger partial charge in [-0.15, -0.1) is 0 Å². The third-order valence-corrected chi connectivity index (χ3v) is 7.88. The van der Waals surface area contributed by atoms with E-state index < -0.39 is 23.9 Å². The van der Waals surface area contributed by atoms with Crippen LogP contribution in [-0.4, -0.2) is 76.5 Å². The molecule has 0 atom stereocenters. The number of benzene rings is 2. The molecule has 9 nitrogen and oxygen atoms in total. The molecule has 0 amide bonds.